The fraction of sp³-hybridized carbons (Fsp3) is 0.438. The van der Waals surface area contributed by atoms with Crippen LogP contribution in [0.2, 0.25) is 5.15 Å². The number of amides is 1. The number of pyridine rings is 1. The number of alkyl halides is 2. The van der Waals surface area contributed by atoms with Gasteiger partial charge in [-0.15, -0.1) is 0 Å². The lowest BCUT2D eigenvalue weighted by molar-refractivity contribution is -0.605. The Kier molecular flexibility index (Phi) is 5.59. The molecule has 1 aliphatic rings. The minimum Gasteiger partial charge on any atom is -0.619 e. The van der Waals surface area contributed by atoms with E-state index in [9.17, 15) is 23.3 Å². The Morgan fingerprint density at radius 3 is 2.93 bits per heavy atom. The third kappa shape index (κ3) is 4.69. The molecule has 2 unspecified atom stereocenters. The molecule has 27 heavy (non-hydrogen) atoms. The largest absolute Gasteiger partial charge is 0.619 e. The molecule has 7 nitrogen and oxygen atoms in total. The highest BCUT2D eigenvalue weighted by Gasteiger charge is 2.58. The van der Waals surface area contributed by atoms with Crippen molar-refractivity contribution < 1.29 is 22.9 Å². The summed E-state index contributed by atoms with van der Waals surface area (Å²) in [5, 5.41) is 15.5. The molecule has 11 heteroatoms. The quantitative estimate of drug-likeness (QED) is 0.390. The minimum atomic E-state index is -2.71. The normalized spacial score (nSPS) is 18.9. The molecule has 1 saturated carbocycles. The fourth-order valence-electron chi connectivity index (χ4n) is 2.54. The van der Waals surface area contributed by atoms with Crippen molar-refractivity contribution in [3.05, 3.63) is 41.1 Å². The molecule has 0 N–H and O–H groups in total. The summed E-state index contributed by atoms with van der Waals surface area (Å²) < 4.78 is 39.6. The number of anilines is 1. The number of rotatable bonds is 7. The molecule has 0 aliphatic heterocycles. The van der Waals surface area contributed by atoms with Crippen molar-refractivity contribution in [1.82, 2.24) is 9.78 Å². The summed E-state index contributed by atoms with van der Waals surface area (Å²) in [6.07, 6.45) is 3.82. The van der Waals surface area contributed by atoms with Gasteiger partial charge in [0.2, 0.25) is 12.1 Å². The Balaban J connectivity index is 1.60. The van der Waals surface area contributed by atoms with Crippen LogP contribution in [0.1, 0.15) is 12.8 Å². The smallest absolute Gasteiger partial charge is 0.256 e. The molecular weight excluding hydrogens is 402 g/mol. The molecule has 1 fully saturated rings. The first kappa shape index (κ1) is 19.8. The maximum absolute atomic E-state index is 12.9. The van der Waals surface area contributed by atoms with Gasteiger partial charge in [0.1, 0.15) is 22.9 Å². The van der Waals surface area contributed by atoms with Crippen molar-refractivity contribution in [3.8, 4) is 5.69 Å². The second kappa shape index (κ2) is 7.61. The predicted molar refractivity (Wildman–Crippen MR) is 96.5 cm³/mol. The summed E-state index contributed by atoms with van der Waals surface area (Å²) in [5.41, 5.74) is 0.787. The highest BCUT2D eigenvalue weighted by Crippen LogP contribution is 2.49. The van der Waals surface area contributed by atoms with E-state index < -0.39 is 23.0 Å². The SMILES string of the molecule is CN(C(=O)CC[S+]([O-])CC1CC1(F)F)c1cn(-c2ccc[n+]([O-])c2)nc1Cl. The standard InChI is InChI=1S/C16H17ClF2N4O3S/c1-21(14(24)4-6-27(26)10-11-7-16(11,18)19)13-9-23(20-15(13)17)12-3-2-5-22(25)8-12/h2-3,5,8-9,11H,4,6-7,10H2,1H3. The van der Waals surface area contributed by atoms with Crippen molar-refractivity contribution in [1.29, 1.82) is 0 Å². The third-order valence-corrected chi connectivity index (χ3v) is 6.00. The summed E-state index contributed by atoms with van der Waals surface area (Å²) in [4.78, 5) is 13.6. The van der Waals surface area contributed by atoms with Crippen molar-refractivity contribution in [2.24, 2.45) is 5.92 Å². The highest BCUT2D eigenvalue weighted by molar-refractivity contribution is 7.91. The van der Waals surface area contributed by atoms with Crippen LogP contribution in [0.15, 0.2) is 30.7 Å². The van der Waals surface area contributed by atoms with Crippen molar-refractivity contribution in [2.45, 2.75) is 18.8 Å². The molecule has 0 saturated heterocycles. The molecule has 0 bridgehead atoms. The van der Waals surface area contributed by atoms with E-state index in [2.05, 4.69) is 5.10 Å². The van der Waals surface area contributed by atoms with Crippen molar-refractivity contribution in [2.75, 3.05) is 23.5 Å². The summed E-state index contributed by atoms with van der Waals surface area (Å²) in [7, 11) is 1.49. The molecular formula is C16H17ClF2N4O3S. The number of nitrogens with zero attached hydrogens (tertiary/aromatic N) is 4. The van der Waals surface area contributed by atoms with Crippen molar-refractivity contribution >= 4 is 34.4 Å². The predicted octanol–water partition coefficient (Wildman–Crippen LogP) is 1.92. The monoisotopic (exact) mass is 418 g/mol. The van der Waals surface area contributed by atoms with Crippen LogP contribution in [0.3, 0.4) is 0 Å². The number of carbonyl (C=O) groups is 1. The highest BCUT2D eigenvalue weighted by atomic mass is 35.5. The van der Waals surface area contributed by atoms with Gasteiger partial charge in [-0.05, 0) is 6.07 Å². The topological polar surface area (TPSA) is 88.1 Å². The molecule has 2 aromatic rings. The zero-order valence-electron chi connectivity index (χ0n) is 14.3. The summed E-state index contributed by atoms with van der Waals surface area (Å²) in [6.45, 7) is 0. The molecule has 146 valence electrons. The summed E-state index contributed by atoms with van der Waals surface area (Å²) in [5.74, 6) is -3.99. The molecule has 2 atom stereocenters. The van der Waals surface area contributed by atoms with E-state index in [1.807, 2.05) is 0 Å². The molecule has 1 aliphatic carbocycles. The number of aromatic nitrogens is 3. The number of halogens is 3. The van der Waals surface area contributed by atoms with Gasteiger partial charge < -0.3 is 14.7 Å². The molecule has 1 amide bonds. The fourth-order valence-corrected chi connectivity index (χ4v) is 4.18. The van der Waals surface area contributed by atoms with Crippen LogP contribution in [-0.2, 0) is 16.0 Å². The average Bonchev–Trinajstić information content (AvgIpc) is 3.01. The van der Waals surface area contributed by atoms with E-state index >= 15 is 0 Å². The molecule has 0 radical (unpaired) electrons. The van der Waals surface area contributed by atoms with Crippen LogP contribution in [0, 0.1) is 11.1 Å². The average molecular weight is 419 g/mol. The van der Waals surface area contributed by atoms with Crippen molar-refractivity contribution in [3.63, 3.8) is 0 Å². The van der Waals surface area contributed by atoms with Gasteiger partial charge in [-0.2, -0.15) is 9.83 Å². The van der Waals surface area contributed by atoms with Crippen LogP contribution in [0.5, 0.6) is 0 Å². The lowest BCUT2D eigenvalue weighted by atomic mass is 10.4. The van der Waals surface area contributed by atoms with Gasteiger partial charge in [-0.1, -0.05) is 22.8 Å². The minimum absolute atomic E-state index is 0.0103. The van der Waals surface area contributed by atoms with Crippen LogP contribution in [0.4, 0.5) is 14.5 Å². The number of hydrogen-bond donors (Lipinski definition) is 0. The van der Waals surface area contributed by atoms with Gasteiger partial charge in [0.05, 0.1) is 18.5 Å². The van der Waals surface area contributed by atoms with E-state index in [4.69, 9.17) is 11.6 Å². The molecule has 2 aromatic heterocycles. The van der Waals surface area contributed by atoms with Crippen LogP contribution >= 0.6 is 11.6 Å². The Morgan fingerprint density at radius 2 is 2.30 bits per heavy atom. The lowest BCUT2D eigenvalue weighted by Crippen LogP contribution is -2.29. The first-order valence-electron chi connectivity index (χ1n) is 8.11. The Morgan fingerprint density at radius 1 is 1.59 bits per heavy atom. The number of hydrogen-bond acceptors (Lipinski definition) is 4. The second-order valence-electron chi connectivity index (χ2n) is 6.35. The maximum atomic E-state index is 12.9. The van der Waals surface area contributed by atoms with Crippen LogP contribution in [0.25, 0.3) is 5.69 Å². The van der Waals surface area contributed by atoms with E-state index in [0.717, 1.165) is 0 Å². The third-order valence-electron chi connectivity index (χ3n) is 4.30. The summed E-state index contributed by atoms with van der Waals surface area (Å²) >= 11 is 4.61. The van der Waals surface area contributed by atoms with Gasteiger partial charge in [-0.3, -0.25) is 4.79 Å². The van der Waals surface area contributed by atoms with Crippen LogP contribution in [-0.4, -0.2) is 44.7 Å². The second-order valence-corrected chi connectivity index (χ2v) is 8.33. The Bertz CT molecular complexity index is 851. The summed E-state index contributed by atoms with van der Waals surface area (Å²) in [6, 6.07) is 3.20. The maximum Gasteiger partial charge on any atom is 0.256 e. The van der Waals surface area contributed by atoms with Crippen LogP contribution < -0.4 is 9.63 Å². The van der Waals surface area contributed by atoms with Gasteiger partial charge in [0.25, 0.3) is 5.92 Å². The van der Waals surface area contributed by atoms with Gasteiger partial charge in [0.15, 0.2) is 11.3 Å². The zero-order chi connectivity index (χ0) is 19.8. The molecule has 2 heterocycles. The number of carbonyl (C=O) groups excluding carboxylic acids is 1. The van der Waals surface area contributed by atoms with E-state index in [-0.39, 0.29) is 35.4 Å². The zero-order valence-corrected chi connectivity index (χ0v) is 15.9. The van der Waals surface area contributed by atoms with E-state index in [1.165, 1.54) is 35.2 Å². The first-order chi connectivity index (χ1) is 12.7. The molecule has 0 spiro atoms. The van der Waals surface area contributed by atoms with Gasteiger partial charge in [-0.25, -0.2) is 13.5 Å². The lowest BCUT2D eigenvalue weighted by Gasteiger charge is -2.16. The Hall–Kier alpha value is -1.91. The van der Waals surface area contributed by atoms with E-state index in [0.29, 0.717) is 16.1 Å². The van der Waals surface area contributed by atoms with E-state index in [1.54, 1.807) is 12.1 Å². The van der Waals surface area contributed by atoms with Gasteiger partial charge in [0, 0.05) is 19.5 Å². The Labute approximate surface area is 162 Å². The molecule has 3 rings (SSSR count). The van der Waals surface area contributed by atoms with Gasteiger partial charge >= 0.3 is 0 Å². The molecule has 0 aromatic carbocycles. The first-order valence-corrected chi connectivity index (χ1v) is 9.97.